The van der Waals surface area contributed by atoms with Crippen LogP contribution >= 0.6 is 0 Å². The molecule has 1 aliphatic heterocycles. The minimum absolute atomic E-state index is 0.114. The Bertz CT molecular complexity index is 408. The van der Waals surface area contributed by atoms with Crippen LogP contribution in [0.1, 0.15) is 59.3 Å². The van der Waals surface area contributed by atoms with Crippen molar-refractivity contribution >= 4 is 8.32 Å². The predicted octanol–water partition coefficient (Wildman–Crippen LogP) is 4.89. The van der Waals surface area contributed by atoms with Gasteiger partial charge < -0.3 is 9.16 Å². The fraction of sp³-hybridized carbons (Fsp3) is 0.944. The summed E-state index contributed by atoms with van der Waals surface area (Å²) in [5.74, 6) is 0.528. The van der Waals surface area contributed by atoms with Gasteiger partial charge in [0.1, 0.15) is 0 Å². The maximum absolute atomic E-state index is 9.82. The molecule has 126 valence electrons. The van der Waals surface area contributed by atoms with Gasteiger partial charge in [-0.3, -0.25) is 0 Å². The fourth-order valence-electron chi connectivity index (χ4n) is 3.68. The lowest BCUT2D eigenvalue weighted by molar-refractivity contribution is -0.000775. The lowest BCUT2D eigenvalue weighted by Crippen LogP contribution is -2.46. The third kappa shape index (κ3) is 3.75. The zero-order chi connectivity index (χ0) is 16.4. The normalized spacial score (nSPS) is 31.7. The molecule has 0 N–H and O–H groups in total. The van der Waals surface area contributed by atoms with Crippen LogP contribution in [0.25, 0.3) is 0 Å². The van der Waals surface area contributed by atoms with Crippen LogP contribution in [-0.4, -0.2) is 27.6 Å². The smallest absolute Gasteiger partial charge is 0.192 e. The SMILES string of the molecule is CC(C)(C)[Si](C)(C)O[C@H]1CC[C@](C#N)(C2CCOCC2)CC1. The van der Waals surface area contributed by atoms with Crippen molar-refractivity contribution in [1.82, 2.24) is 0 Å². The molecular formula is C18H33NO2Si. The van der Waals surface area contributed by atoms with E-state index in [0.29, 0.717) is 12.0 Å². The zero-order valence-corrected chi connectivity index (χ0v) is 16.1. The molecule has 0 spiro atoms. The Morgan fingerprint density at radius 1 is 1.09 bits per heavy atom. The largest absolute Gasteiger partial charge is 0.414 e. The van der Waals surface area contributed by atoms with Crippen molar-refractivity contribution in [2.45, 2.75) is 83.5 Å². The summed E-state index contributed by atoms with van der Waals surface area (Å²) in [4.78, 5) is 0. The van der Waals surface area contributed by atoms with E-state index in [2.05, 4.69) is 39.9 Å². The highest BCUT2D eigenvalue weighted by atomic mass is 28.4. The average molecular weight is 324 g/mol. The van der Waals surface area contributed by atoms with E-state index in [-0.39, 0.29) is 10.5 Å². The Labute approximate surface area is 137 Å². The van der Waals surface area contributed by atoms with Gasteiger partial charge in [-0.2, -0.15) is 5.26 Å². The summed E-state index contributed by atoms with van der Waals surface area (Å²) in [6, 6.07) is 2.70. The van der Waals surface area contributed by atoms with Gasteiger partial charge in [-0.1, -0.05) is 20.8 Å². The Hall–Kier alpha value is -0.373. The van der Waals surface area contributed by atoms with Crippen molar-refractivity contribution < 1.29 is 9.16 Å². The molecule has 0 aromatic rings. The van der Waals surface area contributed by atoms with Crippen molar-refractivity contribution in [1.29, 1.82) is 5.26 Å². The summed E-state index contributed by atoms with van der Waals surface area (Å²) in [6.07, 6.45) is 6.60. The van der Waals surface area contributed by atoms with Gasteiger partial charge >= 0.3 is 0 Å². The molecule has 0 atom stereocenters. The number of rotatable bonds is 3. The number of nitrogens with zero attached hydrogens (tertiary/aromatic N) is 1. The molecule has 1 heterocycles. The van der Waals surface area contributed by atoms with Gasteiger partial charge in [-0.05, 0) is 62.6 Å². The van der Waals surface area contributed by atoms with E-state index in [1.54, 1.807) is 0 Å². The fourth-order valence-corrected chi connectivity index (χ4v) is 5.10. The summed E-state index contributed by atoms with van der Waals surface area (Å²) >= 11 is 0. The van der Waals surface area contributed by atoms with Crippen molar-refractivity contribution in [3.05, 3.63) is 0 Å². The maximum Gasteiger partial charge on any atom is 0.192 e. The van der Waals surface area contributed by atoms with Crippen LogP contribution in [0.2, 0.25) is 18.1 Å². The molecule has 0 aromatic heterocycles. The van der Waals surface area contributed by atoms with Gasteiger partial charge in [-0.25, -0.2) is 0 Å². The van der Waals surface area contributed by atoms with Crippen LogP contribution in [0.4, 0.5) is 0 Å². The molecule has 3 nitrogen and oxygen atoms in total. The topological polar surface area (TPSA) is 42.2 Å². The van der Waals surface area contributed by atoms with Crippen LogP contribution in [0, 0.1) is 22.7 Å². The molecule has 0 amide bonds. The molecule has 2 aliphatic rings. The quantitative estimate of drug-likeness (QED) is 0.695. The van der Waals surface area contributed by atoms with E-state index in [1.807, 2.05) is 0 Å². The molecule has 1 aliphatic carbocycles. The number of nitriles is 1. The van der Waals surface area contributed by atoms with Gasteiger partial charge in [0.25, 0.3) is 0 Å². The minimum atomic E-state index is -1.69. The maximum atomic E-state index is 9.82. The van der Waals surface area contributed by atoms with Crippen molar-refractivity contribution in [3.8, 4) is 6.07 Å². The molecule has 1 saturated heterocycles. The van der Waals surface area contributed by atoms with E-state index < -0.39 is 8.32 Å². The first-order chi connectivity index (χ1) is 10.2. The molecule has 0 aromatic carbocycles. The predicted molar refractivity (Wildman–Crippen MR) is 92.1 cm³/mol. The number of hydrogen-bond donors (Lipinski definition) is 0. The Kier molecular flexibility index (Phi) is 5.41. The first-order valence-corrected chi connectivity index (χ1v) is 11.8. The molecule has 0 unspecified atom stereocenters. The standard InChI is InChI=1S/C18H33NO2Si/c1-17(2,3)22(4,5)21-16-6-10-18(14-19,11-7-16)15-8-12-20-13-9-15/h15-16H,6-13H2,1-5H3/t16-,18-. The highest BCUT2D eigenvalue weighted by Crippen LogP contribution is 2.48. The molecule has 0 bridgehead atoms. The van der Waals surface area contributed by atoms with Crippen LogP contribution in [-0.2, 0) is 9.16 Å². The average Bonchev–Trinajstić information content (AvgIpc) is 2.48. The lowest BCUT2D eigenvalue weighted by atomic mass is 9.64. The number of hydrogen-bond acceptors (Lipinski definition) is 3. The molecule has 4 heteroatoms. The number of ether oxygens (including phenoxy) is 1. The van der Waals surface area contributed by atoms with Gasteiger partial charge in [0.2, 0.25) is 0 Å². The first kappa shape index (κ1) is 18.0. The van der Waals surface area contributed by atoms with E-state index in [4.69, 9.17) is 9.16 Å². The highest BCUT2D eigenvalue weighted by Gasteiger charge is 2.45. The van der Waals surface area contributed by atoms with Crippen LogP contribution in [0.5, 0.6) is 0 Å². The summed E-state index contributed by atoms with van der Waals surface area (Å²) in [5, 5.41) is 10.1. The molecule has 22 heavy (non-hydrogen) atoms. The monoisotopic (exact) mass is 323 g/mol. The van der Waals surface area contributed by atoms with E-state index in [0.717, 1.165) is 51.7 Å². The van der Waals surface area contributed by atoms with Crippen molar-refractivity contribution in [2.24, 2.45) is 11.3 Å². The second-order valence-electron chi connectivity index (χ2n) is 8.73. The van der Waals surface area contributed by atoms with E-state index in [9.17, 15) is 5.26 Å². The summed E-state index contributed by atoms with van der Waals surface area (Å²) in [7, 11) is -1.69. The second-order valence-corrected chi connectivity index (χ2v) is 13.5. The lowest BCUT2D eigenvalue weighted by Gasteiger charge is -2.45. The van der Waals surface area contributed by atoms with Gasteiger partial charge in [0, 0.05) is 19.3 Å². The third-order valence-corrected chi connectivity index (χ3v) is 10.9. The molecule has 2 fully saturated rings. The molecular weight excluding hydrogens is 290 g/mol. The van der Waals surface area contributed by atoms with E-state index >= 15 is 0 Å². The summed E-state index contributed by atoms with van der Waals surface area (Å²) in [6.45, 7) is 13.2. The Morgan fingerprint density at radius 2 is 1.64 bits per heavy atom. The first-order valence-electron chi connectivity index (χ1n) is 8.87. The van der Waals surface area contributed by atoms with Gasteiger partial charge in [0.15, 0.2) is 8.32 Å². The van der Waals surface area contributed by atoms with Gasteiger partial charge in [-0.15, -0.1) is 0 Å². The molecule has 0 radical (unpaired) electrons. The highest BCUT2D eigenvalue weighted by molar-refractivity contribution is 6.74. The van der Waals surface area contributed by atoms with Crippen LogP contribution in [0.15, 0.2) is 0 Å². The van der Waals surface area contributed by atoms with Crippen LogP contribution < -0.4 is 0 Å². The zero-order valence-electron chi connectivity index (χ0n) is 15.1. The third-order valence-electron chi connectivity index (χ3n) is 6.32. The van der Waals surface area contributed by atoms with Crippen molar-refractivity contribution in [2.75, 3.05) is 13.2 Å². The molecule has 1 saturated carbocycles. The van der Waals surface area contributed by atoms with Gasteiger partial charge in [0.05, 0.1) is 11.5 Å². The summed E-state index contributed by atoms with van der Waals surface area (Å²) in [5.41, 5.74) is -0.114. The second kappa shape index (κ2) is 6.63. The van der Waals surface area contributed by atoms with E-state index in [1.165, 1.54) is 0 Å². The summed E-state index contributed by atoms with van der Waals surface area (Å²) < 4.78 is 12.0. The Morgan fingerprint density at radius 3 is 2.09 bits per heavy atom. The molecule has 2 rings (SSSR count). The van der Waals surface area contributed by atoms with Crippen molar-refractivity contribution in [3.63, 3.8) is 0 Å². The Balaban J connectivity index is 1.95. The van der Waals surface area contributed by atoms with Crippen LogP contribution in [0.3, 0.4) is 0 Å². The minimum Gasteiger partial charge on any atom is -0.414 e.